The molecule has 29 heavy (non-hydrogen) atoms. The molecule has 5 heteroatoms. The lowest BCUT2D eigenvalue weighted by molar-refractivity contribution is -0.129. The quantitative estimate of drug-likeness (QED) is 0.692. The van der Waals surface area contributed by atoms with Crippen molar-refractivity contribution in [2.45, 2.75) is 62.0 Å². The summed E-state index contributed by atoms with van der Waals surface area (Å²) < 4.78 is 6.40. The Bertz CT molecular complexity index is 846. The molecule has 4 saturated carbocycles. The van der Waals surface area contributed by atoms with Gasteiger partial charge in [-0.1, -0.05) is 12.1 Å². The van der Waals surface area contributed by atoms with Crippen LogP contribution in [-0.2, 0) is 4.79 Å². The number of amides is 1. The third-order valence-electron chi connectivity index (χ3n) is 7.99. The number of para-hydroxylation sites is 2. The summed E-state index contributed by atoms with van der Waals surface area (Å²) in [6.07, 6.45) is 10.4. The number of thioether (sulfide) groups is 1. The van der Waals surface area contributed by atoms with Crippen molar-refractivity contribution in [1.29, 1.82) is 0 Å². The fourth-order valence-corrected chi connectivity index (χ4v) is 8.63. The van der Waals surface area contributed by atoms with Crippen molar-refractivity contribution < 1.29 is 9.21 Å². The molecule has 7 rings (SSSR count). The number of carbonyl (C=O) groups is 1. The summed E-state index contributed by atoms with van der Waals surface area (Å²) in [7, 11) is 0. The fourth-order valence-electron chi connectivity index (χ4n) is 6.95. The van der Waals surface area contributed by atoms with Crippen molar-refractivity contribution >= 4 is 28.8 Å². The second kappa shape index (κ2) is 7.04. The summed E-state index contributed by atoms with van der Waals surface area (Å²) in [6, 6.07) is 7.96. The third kappa shape index (κ3) is 3.39. The first-order chi connectivity index (χ1) is 14.2. The Hall–Kier alpha value is -1.49. The summed E-state index contributed by atoms with van der Waals surface area (Å²) in [6.45, 7) is 1.67. The molecule has 1 saturated heterocycles. The van der Waals surface area contributed by atoms with Crippen molar-refractivity contribution in [3.05, 3.63) is 30.2 Å². The highest BCUT2D eigenvalue weighted by molar-refractivity contribution is 8.01. The summed E-state index contributed by atoms with van der Waals surface area (Å²) >= 11 is 2.01. The number of hydrogen-bond acceptors (Lipinski definition) is 4. The Morgan fingerprint density at radius 2 is 1.72 bits per heavy atom. The lowest BCUT2D eigenvalue weighted by atomic mass is 9.56. The number of likely N-dealkylation sites (tertiary alicyclic amines) is 1. The van der Waals surface area contributed by atoms with Gasteiger partial charge in [0, 0.05) is 23.8 Å². The average molecular weight is 411 g/mol. The minimum atomic E-state index is 0.335. The van der Waals surface area contributed by atoms with Crippen LogP contribution in [0.1, 0.15) is 63.2 Å². The van der Waals surface area contributed by atoms with E-state index >= 15 is 0 Å². The van der Waals surface area contributed by atoms with E-state index in [9.17, 15) is 4.79 Å². The Kier molecular flexibility index (Phi) is 4.44. The molecule has 4 aliphatic carbocycles. The first kappa shape index (κ1) is 18.3. The van der Waals surface area contributed by atoms with Gasteiger partial charge in [-0.2, -0.15) is 0 Å². The molecule has 5 fully saturated rings. The fraction of sp³-hybridized carbons (Fsp3) is 0.667. The maximum absolute atomic E-state index is 12.9. The standard InChI is InChI=1S/C24H30N2O2S/c27-22(15-29-24-12-16-9-17(13-24)11-18(10-16)14-24)26-7-5-19(6-8-26)23-25-20-3-1-2-4-21(20)28-23/h1-4,16-19H,5-15H2. The van der Waals surface area contributed by atoms with Crippen LogP contribution in [0.25, 0.3) is 11.1 Å². The van der Waals surface area contributed by atoms with Crippen molar-refractivity contribution in [2.75, 3.05) is 18.8 Å². The lowest BCUT2D eigenvalue weighted by Crippen LogP contribution is -2.49. The highest BCUT2D eigenvalue weighted by Crippen LogP contribution is 2.60. The molecule has 0 atom stereocenters. The molecule has 1 aromatic heterocycles. The van der Waals surface area contributed by atoms with Gasteiger partial charge >= 0.3 is 0 Å². The maximum atomic E-state index is 12.9. The third-order valence-corrected chi connectivity index (χ3v) is 9.49. The lowest BCUT2D eigenvalue weighted by Gasteiger charge is -2.56. The van der Waals surface area contributed by atoms with Crippen LogP contribution in [0, 0.1) is 17.8 Å². The van der Waals surface area contributed by atoms with E-state index in [1.165, 1.54) is 38.5 Å². The van der Waals surface area contributed by atoms with Crippen LogP contribution in [0.3, 0.4) is 0 Å². The van der Waals surface area contributed by atoms with Crippen molar-refractivity contribution in [2.24, 2.45) is 17.8 Å². The molecule has 5 aliphatic rings. The van der Waals surface area contributed by atoms with Gasteiger partial charge in [0.1, 0.15) is 5.52 Å². The van der Waals surface area contributed by atoms with E-state index in [1.807, 2.05) is 36.0 Å². The number of nitrogens with zero attached hydrogens (tertiary/aromatic N) is 2. The molecule has 0 spiro atoms. The van der Waals surface area contributed by atoms with E-state index in [1.54, 1.807) is 0 Å². The van der Waals surface area contributed by atoms with Crippen LogP contribution < -0.4 is 0 Å². The van der Waals surface area contributed by atoms with Gasteiger partial charge in [-0.15, -0.1) is 11.8 Å². The topological polar surface area (TPSA) is 46.3 Å². The van der Waals surface area contributed by atoms with E-state index in [-0.39, 0.29) is 0 Å². The molecule has 1 aromatic carbocycles. The van der Waals surface area contributed by atoms with E-state index in [2.05, 4.69) is 9.88 Å². The van der Waals surface area contributed by atoms with Gasteiger partial charge in [-0.25, -0.2) is 4.98 Å². The molecule has 4 nitrogen and oxygen atoms in total. The minimum absolute atomic E-state index is 0.335. The van der Waals surface area contributed by atoms with E-state index in [0.29, 0.717) is 22.3 Å². The molecule has 2 aromatic rings. The van der Waals surface area contributed by atoms with Gasteiger partial charge in [0.2, 0.25) is 5.91 Å². The molecule has 0 radical (unpaired) electrons. The highest BCUT2D eigenvalue weighted by Gasteiger charge is 2.51. The number of oxazole rings is 1. The maximum Gasteiger partial charge on any atom is 0.232 e. The molecule has 1 aliphatic heterocycles. The highest BCUT2D eigenvalue weighted by atomic mass is 32.2. The van der Waals surface area contributed by atoms with Gasteiger partial charge in [0.25, 0.3) is 0 Å². The first-order valence-corrected chi connectivity index (χ1v) is 12.4. The van der Waals surface area contributed by atoms with Crippen LogP contribution >= 0.6 is 11.8 Å². The van der Waals surface area contributed by atoms with Crippen LogP contribution in [0.4, 0.5) is 0 Å². The minimum Gasteiger partial charge on any atom is -0.440 e. The molecule has 1 amide bonds. The second-order valence-electron chi connectivity index (χ2n) is 10.1. The number of rotatable bonds is 4. The number of carbonyl (C=O) groups excluding carboxylic acids is 1. The summed E-state index contributed by atoms with van der Waals surface area (Å²) in [5, 5.41) is 0. The largest absolute Gasteiger partial charge is 0.440 e. The average Bonchev–Trinajstić information content (AvgIpc) is 3.15. The zero-order valence-electron chi connectivity index (χ0n) is 17.0. The first-order valence-electron chi connectivity index (χ1n) is 11.4. The Morgan fingerprint density at radius 1 is 1.07 bits per heavy atom. The Balaban J connectivity index is 1.04. The van der Waals surface area contributed by atoms with Crippen molar-refractivity contribution in [1.82, 2.24) is 9.88 Å². The zero-order chi connectivity index (χ0) is 19.4. The summed E-state index contributed by atoms with van der Waals surface area (Å²) in [5.41, 5.74) is 1.81. The molecule has 0 unspecified atom stereocenters. The van der Waals surface area contributed by atoms with E-state index in [0.717, 1.165) is 60.7 Å². The van der Waals surface area contributed by atoms with Gasteiger partial charge in [-0.3, -0.25) is 4.79 Å². The van der Waals surface area contributed by atoms with Crippen LogP contribution in [-0.4, -0.2) is 39.4 Å². The Labute approximate surface area is 176 Å². The monoisotopic (exact) mass is 410 g/mol. The van der Waals surface area contributed by atoms with Gasteiger partial charge in [0.15, 0.2) is 11.5 Å². The number of aromatic nitrogens is 1. The van der Waals surface area contributed by atoms with E-state index in [4.69, 9.17) is 4.42 Å². The summed E-state index contributed by atoms with van der Waals surface area (Å²) in [5.74, 6) is 5.08. The molecule has 154 valence electrons. The smallest absolute Gasteiger partial charge is 0.232 e. The number of fused-ring (bicyclic) bond motifs is 1. The molecule has 2 heterocycles. The number of benzene rings is 1. The number of hydrogen-bond donors (Lipinski definition) is 0. The number of piperidine rings is 1. The molecule has 4 bridgehead atoms. The second-order valence-corrected chi connectivity index (χ2v) is 11.5. The van der Waals surface area contributed by atoms with Crippen molar-refractivity contribution in [3.8, 4) is 0 Å². The van der Waals surface area contributed by atoms with E-state index < -0.39 is 0 Å². The Morgan fingerprint density at radius 3 is 2.38 bits per heavy atom. The SMILES string of the molecule is O=C(CSC12CC3CC(CC(C3)C1)C2)N1CCC(c2nc3ccccc3o2)CC1. The van der Waals surface area contributed by atoms with Crippen molar-refractivity contribution in [3.63, 3.8) is 0 Å². The molecular weight excluding hydrogens is 380 g/mol. The normalized spacial score (nSPS) is 34.2. The van der Waals surface area contributed by atoms with Gasteiger partial charge in [-0.05, 0) is 81.3 Å². The predicted octanol–water partition coefficient (Wildman–Crippen LogP) is 5.24. The summed E-state index contributed by atoms with van der Waals surface area (Å²) in [4.78, 5) is 19.7. The van der Waals surface area contributed by atoms with Gasteiger partial charge < -0.3 is 9.32 Å². The molecule has 0 N–H and O–H groups in total. The van der Waals surface area contributed by atoms with Crippen LogP contribution in [0.2, 0.25) is 0 Å². The predicted molar refractivity (Wildman–Crippen MR) is 116 cm³/mol. The van der Waals surface area contributed by atoms with Gasteiger partial charge in [0.05, 0.1) is 5.75 Å². The van der Waals surface area contributed by atoms with Crippen LogP contribution in [0.15, 0.2) is 28.7 Å². The zero-order valence-corrected chi connectivity index (χ0v) is 17.8. The van der Waals surface area contributed by atoms with Crippen LogP contribution in [0.5, 0.6) is 0 Å². The molecular formula is C24H30N2O2S.